The van der Waals surface area contributed by atoms with Gasteiger partial charge < -0.3 is 15.2 Å². The highest BCUT2D eigenvalue weighted by atomic mass is 16.5. The molecule has 2 amide bonds. The summed E-state index contributed by atoms with van der Waals surface area (Å²) in [5, 5.41) is 14.1. The van der Waals surface area contributed by atoms with Crippen molar-refractivity contribution < 1.29 is 19.4 Å². The van der Waals surface area contributed by atoms with Crippen LogP contribution in [-0.2, 0) is 9.59 Å². The van der Waals surface area contributed by atoms with Crippen molar-refractivity contribution in [3.8, 4) is 11.5 Å². The number of nitrogens with zero attached hydrogens (tertiary/aromatic N) is 2. The molecule has 3 aromatic rings. The highest BCUT2D eigenvalue weighted by Crippen LogP contribution is 2.31. The van der Waals surface area contributed by atoms with Crippen LogP contribution in [0.25, 0.3) is 10.8 Å². The molecular weight excluding hydrogens is 334 g/mol. The molecule has 1 aromatic heterocycles. The van der Waals surface area contributed by atoms with E-state index in [2.05, 4.69) is 10.3 Å². The van der Waals surface area contributed by atoms with Gasteiger partial charge in [0.25, 0.3) is 5.91 Å². The fourth-order valence-electron chi connectivity index (χ4n) is 2.93. The summed E-state index contributed by atoms with van der Waals surface area (Å²) in [6.07, 6.45) is 1.54. The van der Waals surface area contributed by atoms with Gasteiger partial charge in [0.05, 0.1) is 0 Å². The van der Waals surface area contributed by atoms with Crippen LogP contribution in [0, 0.1) is 0 Å². The molecule has 4 rings (SSSR count). The first-order chi connectivity index (χ1) is 12.6. The van der Waals surface area contributed by atoms with Crippen molar-refractivity contribution in [1.82, 2.24) is 4.98 Å². The van der Waals surface area contributed by atoms with Gasteiger partial charge in [-0.25, -0.2) is 4.98 Å². The van der Waals surface area contributed by atoms with Crippen LogP contribution in [0.2, 0.25) is 0 Å². The lowest BCUT2D eigenvalue weighted by atomic mass is 10.1. The minimum atomic E-state index is -0.368. The number of pyridine rings is 1. The quantitative estimate of drug-likeness (QED) is 0.757. The number of anilines is 2. The fraction of sp³-hybridized carbons (Fsp3) is 0.105. The third-order valence-electron chi connectivity index (χ3n) is 4.13. The summed E-state index contributed by atoms with van der Waals surface area (Å²) in [5.41, 5.74) is 0.561. The minimum Gasteiger partial charge on any atom is -0.507 e. The largest absolute Gasteiger partial charge is 0.507 e. The van der Waals surface area contributed by atoms with Gasteiger partial charge in [0.15, 0.2) is 18.2 Å². The van der Waals surface area contributed by atoms with Crippen LogP contribution in [0.5, 0.6) is 11.5 Å². The van der Waals surface area contributed by atoms with Crippen LogP contribution in [0.3, 0.4) is 0 Å². The molecule has 0 fully saturated rings. The number of ether oxygens (including phenoxy) is 1. The zero-order valence-electron chi connectivity index (χ0n) is 13.7. The number of hydrogen-bond acceptors (Lipinski definition) is 5. The van der Waals surface area contributed by atoms with E-state index in [1.807, 2.05) is 0 Å². The Labute approximate surface area is 148 Å². The molecular formula is C19H15N3O4. The molecule has 1 aliphatic rings. The Hall–Kier alpha value is -3.61. The second-order valence-electron chi connectivity index (χ2n) is 5.82. The van der Waals surface area contributed by atoms with Gasteiger partial charge in [-0.3, -0.25) is 14.5 Å². The molecule has 0 spiro atoms. The van der Waals surface area contributed by atoms with Crippen LogP contribution in [0.1, 0.15) is 0 Å². The Morgan fingerprint density at radius 2 is 1.96 bits per heavy atom. The maximum Gasteiger partial charge on any atom is 0.266 e. The third kappa shape index (κ3) is 2.79. The summed E-state index contributed by atoms with van der Waals surface area (Å²) in [7, 11) is 0. The van der Waals surface area contributed by atoms with Gasteiger partial charge in [-0.1, -0.05) is 24.3 Å². The third-order valence-corrected chi connectivity index (χ3v) is 4.13. The number of phenolic OH excluding ortho intramolecular Hbond substituents is 1. The minimum absolute atomic E-state index is 0.131. The highest BCUT2D eigenvalue weighted by molar-refractivity contribution is 6.08. The van der Waals surface area contributed by atoms with E-state index in [9.17, 15) is 14.7 Å². The molecule has 2 heterocycles. The predicted molar refractivity (Wildman–Crippen MR) is 96.3 cm³/mol. The lowest BCUT2D eigenvalue weighted by Crippen LogP contribution is -2.43. The van der Waals surface area contributed by atoms with Gasteiger partial charge in [-0.05, 0) is 24.3 Å². The van der Waals surface area contributed by atoms with E-state index in [4.69, 9.17) is 4.74 Å². The van der Waals surface area contributed by atoms with E-state index in [1.165, 1.54) is 4.90 Å². The number of hydrogen-bond donors (Lipinski definition) is 2. The zero-order chi connectivity index (χ0) is 18.1. The first-order valence-corrected chi connectivity index (χ1v) is 8.02. The number of carbonyl (C=O) groups is 2. The van der Waals surface area contributed by atoms with Gasteiger partial charge in [0.2, 0.25) is 5.91 Å². The predicted octanol–water partition coefficient (Wildman–Crippen LogP) is 2.30. The SMILES string of the molecule is O=C(CN1C(=O)COc2cccnc21)Nc1cccc2c(O)cccc12. The molecule has 0 saturated heterocycles. The maximum absolute atomic E-state index is 12.5. The van der Waals surface area contributed by atoms with Crippen molar-refractivity contribution in [3.63, 3.8) is 0 Å². The summed E-state index contributed by atoms with van der Waals surface area (Å²) < 4.78 is 5.32. The molecule has 0 radical (unpaired) electrons. The maximum atomic E-state index is 12.5. The second kappa shape index (κ2) is 6.36. The van der Waals surface area contributed by atoms with Gasteiger partial charge in [0.1, 0.15) is 12.3 Å². The van der Waals surface area contributed by atoms with Crippen LogP contribution in [0.15, 0.2) is 54.7 Å². The number of benzene rings is 2. The van der Waals surface area contributed by atoms with Gasteiger partial charge in [-0.2, -0.15) is 0 Å². The molecule has 0 aliphatic carbocycles. The molecule has 7 heteroatoms. The Morgan fingerprint density at radius 3 is 2.85 bits per heavy atom. The number of nitrogens with one attached hydrogen (secondary N) is 1. The summed E-state index contributed by atoms with van der Waals surface area (Å²) in [5.74, 6) is 0.235. The van der Waals surface area contributed by atoms with Crippen LogP contribution in [0.4, 0.5) is 11.5 Å². The zero-order valence-corrected chi connectivity index (χ0v) is 13.7. The number of aromatic nitrogens is 1. The van der Waals surface area contributed by atoms with E-state index in [1.54, 1.807) is 54.7 Å². The van der Waals surface area contributed by atoms with Crippen LogP contribution >= 0.6 is 0 Å². The molecule has 0 atom stereocenters. The number of phenols is 1. The molecule has 1 aliphatic heterocycles. The standard InChI is InChI=1S/C19H15N3O4/c23-15-7-2-4-12-13(15)5-1-6-14(12)21-17(24)10-22-18(25)11-26-16-8-3-9-20-19(16)22/h1-9,23H,10-11H2,(H,21,24). The molecule has 0 saturated carbocycles. The van der Waals surface area contributed by atoms with E-state index in [-0.39, 0.29) is 30.7 Å². The van der Waals surface area contributed by atoms with E-state index >= 15 is 0 Å². The molecule has 130 valence electrons. The van der Waals surface area contributed by atoms with Gasteiger partial charge in [0, 0.05) is 22.7 Å². The van der Waals surface area contributed by atoms with Gasteiger partial charge in [-0.15, -0.1) is 0 Å². The Bertz CT molecular complexity index is 1020. The number of carbonyl (C=O) groups excluding carboxylic acids is 2. The summed E-state index contributed by atoms with van der Waals surface area (Å²) in [6.45, 7) is -0.310. The van der Waals surface area contributed by atoms with Crippen molar-refractivity contribution in [2.45, 2.75) is 0 Å². The Balaban J connectivity index is 1.59. The summed E-state index contributed by atoms with van der Waals surface area (Å²) >= 11 is 0. The van der Waals surface area contributed by atoms with Crippen molar-refractivity contribution in [3.05, 3.63) is 54.7 Å². The van der Waals surface area contributed by atoms with E-state index < -0.39 is 0 Å². The number of rotatable bonds is 3. The molecule has 26 heavy (non-hydrogen) atoms. The topological polar surface area (TPSA) is 91.8 Å². The lowest BCUT2D eigenvalue weighted by Gasteiger charge is -2.27. The summed E-state index contributed by atoms with van der Waals surface area (Å²) in [6, 6.07) is 13.8. The Morgan fingerprint density at radius 1 is 1.15 bits per heavy atom. The van der Waals surface area contributed by atoms with Crippen LogP contribution in [-0.4, -0.2) is 35.1 Å². The second-order valence-corrected chi connectivity index (χ2v) is 5.82. The fourth-order valence-corrected chi connectivity index (χ4v) is 2.93. The number of aromatic hydroxyl groups is 1. The first-order valence-electron chi connectivity index (χ1n) is 8.02. The highest BCUT2D eigenvalue weighted by Gasteiger charge is 2.28. The molecule has 7 nitrogen and oxygen atoms in total. The van der Waals surface area contributed by atoms with Crippen molar-refractivity contribution in [2.24, 2.45) is 0 Å². The molecule has 0 unspecified atom stereocenters. The monoisotopic (exact) mass is 349 g/mol. The number of fused-ring (bicyclic) bond motifs is 2. The van der Waals surface area contributed by atoms with Crippen molar-refractivity contribution in [1.29, 1.82) is 0 Å². The molecule has 0 bridgehead atoms. The average Bonchev–Trinajstić information content (AvgIpc) is 2.65. The van der Waals surface area contributed by atoms with Crippen molar-refractivity contribution >= 4 is 34.1 Å². The lowest BCUT2D eigenvalue weighted by molar-refractivity contribution is -0.123. The molecule has 2 N–H and O–H groups in total. The average molecular weight is 349 g/mol. The van der Waals surface area contributed by atoms with Crippen LogP contribution < -0.4 is 15.0 Å². The first kappa shape index (κ1) is 15.9. The van der Waals surface area contributed by atoms with E-state index in [0.29, 0.717) is 28.0 Å². The smallest absolute Gasteiger partial charge is 0.266 e. The van der Waals surface area contributed by atoms with Gasteiger partial charge >= 0.3 is 0 Å². The van der Waals surface area contributed by atoms with Crippen molar-refractivity contribution in [2.75, 3.05) is 23.4 Å². The normalized spacial score (nSPS) is 13.2. The number of amides is 2. The Kier molecular flexibility index (Phi) is 3.89. The summed E-state index contributed by atoms with van der Waals surface area (Å²) in [4.78, 5) is 30.1. The molecule has 2 aromatic carbocycles. The van der Waals surface area contributed by atoms with E-state index in [0.717, 1.165) is 0 Å².